The van der Waals surface area contributed by atoms with E-state index < -0.39 is 11.1 Å². The predicted octanol–water partition coefficient (Wildman–Crippen LogP) is -1.87. The number of rotatable bonds is 5. The van der Waals surface area contributed by atoms with Crippen molar-refractivity contribution in [2.75, 3.05) is 12.9 Å². The zero-order valence-electron chi connectivity index (χ0n) is 9.01. The molecule has 0 radical (unpaired) electrons. The first kappa shape index (κ1) is 15.3. The fourth-order valence-corrected chi connectivity index (χ4v) is 1.80. The van der Waals surface area contributed by atoms with Crippen LogP contribution in [-0.4, -0.2) is 27.7 Å². The van der Waals surface area contributed by atoms with Gasteiger partial charge in [-0.05, 0) is 12.0 Å². The fourth-order valence-electron chi connectivity index (χ4n) is 1.24. The Labute approximate surface area is 115 Å². The van der Waals surface area contributed by atoms with Crippen molar-refractivity contribution in [3.05, 3.63) is 35.9 Å². The van der Waals surface area contributed by atoms with Crippen LogP contribution in [0.15, 0.2) is 30.3 Å². The molecule has 0 saturated heterocycles. The maximum Gasteiger partial charge on any atom is 1.00 e. The van der Waals surface area contributed by atoms with Crippen LogP contribution in [0.3, 0.4) is 0 Å². The Morgan fingerprint density at radius 2 is 2.00 bits per heavy atom. The van der Waals surface area contributed by atoms with Crippen molar-refractivity contribution >= 4 is 11.1 Å². The van der Waals surface area contributed by atoms with Crippen LogP contribution < -0.4 is 29.6 Å². The second kappa shape index (κ2) is 8.44. The third-order valence-electron chi connectivity index (χ3n) is 1.96. The molecule has 1 rings (SSSR count). The van der Waals surface area contributed by atoms with Crippen LogP contribution in [-0.2, 0) is 22.2 Å². The molecule has 0 heterocycles. The summed E-state index contributed by atoms with van der Waals surface area (Å²) >= 11 is -2.04. The van der Waals surface area contributed by atoms with E-state index in [0.29, 0.717) is 6.42 Å². The fraction of sp³-hybridized carbons (Fsp3) is 0.400. The van der Waals surface area contributed by atoms with Crippen molar-refractivity contribution in [3.63, 3.8) is 0 Å². The van der Waals surface area contributed by atoms with E-state index in [-0.39, 0.29) is 41.4 Å². The van der Waals surface area contributed by atoms with Gasteiger partial charge in [0.25, 0.3) is 0 Å². The van der Waals surface area contributed by atoms with Gasteiger partial charge in [-0.15, -0.1) is 0 Å². The summed E-state index contributed by atoms with van der Waals surface area (Å²) in [7, 11) is 1.53. The molecule has 0 spiro atoms. The summed E-state index contributed by atoms with van der Waals surface area (Å²) < 4.78 is 26.0. The minimum absolute atomic E-state index is 0. The van der Waals surface area contributed by atoms with Gasteiger partial charge in [-0.25, -0.2) is 0 Å². The molecular formula is C10H13NaO3S. The van der Waals surface area contributed by atoms with Crippen molar-refractivity contribution in [3.8, 4) is 0 Å². The van der Waals surface area contributed by atoms with E-state index in [4.69, 9.17) is 4.74 Å². The van der Waals surface area contributed by atoms with Crippen molar-refractivity contribution in [2.45, 2.75) is 12.5 Å². The molecule has 3 nitrogen and oxygen atoms in total. The molecule has 0 aliphatic heterocycles. The molecule has 0 aromatic heterocycles. The zero-order chi connectivity index (χ0) is 10.4. The predicted molar refractivity (Wildman–Crippen MR) is 54.7 cm³/mol. The van der Waals surface area contributed by atoms with Crippen LogP contribution >= 0.6 is 0 Å². The van der Waals surface area contributed by atoms with Crippen molar-refractivity contribution in [2.24, 2.45) is 0 Å². The van der Waals surface area contributed by atoms with Crippen molar-refractivity contribution < 1.29 is 43.1 Å². The van der Waals surface area contributed by atoms with Crippen LogP contribution in [0, 0.1) is 0 Å². The van der Waals surface area contributed by atoms with Crippen molar-refractivity contribution in [1.29, 1.82) is 0 Å². The van der Waals surface area contributed by atoms with Crippen LogP contribution in [0.5, 0.6) is 0 Å². The molecule has 0 aliphatic carbocycles. The van der Waals surface area contributed by atoms with Gasteiger partial charge in [0.15, 0.2) is 0 Å². The second-order valence-electron chi connectivity index (χ2n) is 3.02. The molecule has 2 unspecified atom stereocenters. The molecule has 0 fully saturated rings. The summed E-state index contributed by atoms with van der Waals surface area (Å²) in [6, 6.07) is 9.70. The largest absolute Gasteiger partial charge is 1.00 e. The van der Waals surface area contributed by atoms with Gasteiger partial charge in [0, 0.05) is 12.9 Å². The van der Waals surface area contributed by atoms with E-state index in [1.54, 1.807) is 0 Å². The van der Waals surface area contributed by atoms with Crippen LogP contribution in [0.25, 0.3) is 0 Å². The van der Waals surface area contributed by atoms with Crippen LogP contribution in [0.1, 0.15) is 5.56 Å². The van der Waals surface area contributed by atoms with Gasteiger partial charge in [-0.2, -0.15) is 0 Å². The molecule has 2 atom stereocenters. The first-order valence-corrected chi connectivity index (χ1v) is 5.59. The first-order valence-electron chi connectivity index (χ1n) is 4.35. The summed E-state index contributed by atoms with van der Waals surface area (Å²) in [4.78, 5) is 0. The molecule has 15 heavy (non-hydrogen) atoms. The number of hydrogen-bond acceptors (Lipinski definition) is 3. The van der Waals surface area contributed by atoms with Crippen LogP contribution in [0.2, 0.25) is 0 Å². The molecule has 5 heteroatoms. The third kappa shape index (κ3) is 6.45. The Morgan fingerprint density at radius 3 is 2.47 bits per heavy atom. The Kier molecular flexibility index (Phi) is 8.61. The Hall–Kier alpha value is 0.290. The monoisotopic (exact) mass is 236 g/mol. The minimum atomic E-state index is -2.04. The van der Waals surface area contributed by atoms with Gasteiger partial charge in [0.05, 0.1) is 6.10 Å². The molecular weight excluding hydrogens is 223 g/mol. The Bertz CT molecular complexity index is 292. The Balaban J connectivity index is 0.00000196. The second-order valence-corrected chi connectivity index (χ2v) is 3.96. The van der Waals surface area contributed by atoms with Crippen LogP contribution in [0.4, 0.5) is 0 Å². The topological polar surface area (TPSA) is 49.4 Å². The molecule has 1 aromatic carbocycles. The van der Waals surface area contributed by atoms with Crippen molar-refractivity contribution in [1.82, 2.24) is 0 Å². The zero-order valence-corrected chi connectivity index (χ0v) is 11.8. The summed E-state index contributed by atoms with van der Waals surface area (Å²) in [5.74, 6) is 0.0470. The molecule has 78 valence electrons. The van der Waals surface area contributed by atoms with E-state index in [2.05, 4.69) is 0 Å². The van der Waals surface area contributed by atoms with E-state index in [1.807, 2.05) is 30.3 Å². The maximum absolute atomic E-state index is 10.5. The van der Waals surface area contributed by atoms with E-state index in [1.165, 1.54) is 7.11 Å². The molecule has 0 amide bonds. The number of ether oxygens (including phenoxy) is 1. The van der Waals surface area contributed by atoms with Gasteiger partial charge in [-0.1, -0.05) is 41.4 Å². The van der Waals surface area contributed by atoms with E-state index in [9.17, 15) is 8.76 Å². The molecule has 0 aliphatic rings. The van der Waals surface area contributed by atoms with Gasteiger partial charge in [0.2, 0.25) is 0 Å². The Morgan fingerprint density at radius 1 is 1.40 bits per heavy atom. The molecule has 0 bridgehead atoms. The van der Waals surface area contributed by atoms with Gasteiger partial charge >= 0.3 is 29.6 Å². The van der Waals surface area contributed by atoms with Gasteiger partial charge in [0.1, 0.15) is 0 Å². The van der Waals surface area contributed by atoms with Gasteiger partial charge in [-0.3, -0.25) is 4.21 Å². The quantitative estimate of drug-likeness (QED) is 0.444. The number of benzene rings is 1. The smallest absolute Gasteiger partial charge is 0.772 e. The molecule has 0 N–H and O–H groups in total. The number of methoxy groups -OCH3 is 1. The minimum Gasteiger partial charge on any atom is -0.772 e. The molecule has 1 aromatic rings. The number of hydrogen-bond donors (Lipinski definition) is 0. The standard InChI is InChI=1S/C10H14O3S.Na/c1-13-10(8-14(11)12)7-9-5-3-2-4-6-9;/h2-6,10H,7-8H2,1H3,(H,11,12);/q;+1/p-1. The SMILES string of the molecule is COC(Cc1ccccc1)CS(=O)[O-].[Na+]. The summed E-state index contributed by atoms with van der Waals surface area (Å²) in [5.41, 5.74) is 1.09. The average molecular weight is 236 g/mol. The summed E-state index contributed by atoms with van der Waals surface area (Å²) in [6.45, 7) is 0. The average Bonchev–Trinajstić information content (AvgIpc) is 2.17. The first-order chi connectivity index (χ1) is 6.72. The third-order valence-corrected chi connectivity index (χ3v) is 2.61. The van der Waals surface area contributed by atoms with E-state index in [0.717, 1.165) is 5.56 Å². The maximum atomic E-state index is 10.5. The normalized spacial score (nSPS) is 14.0. The summed E-state index contributed by atoms with van der Waals surface area (Å²) in [5, 5.41) is 0. The summed E-state index contributed by atoms with van der Waals surface area (Å²) in [6.07, 6.45) is 0.376. The van der Waals surface area contributed by atoms with Gasteiger partial charge < -0.3 is 9.29 Å². The molecule has 0 saturated carbocycles. The van der Waals surface area contributed by atoms with E-state index >= 15 is 0 Å².